The summed E-state index contributed by atoms with van der Waals surface area (Å²) >= 11 is 0. The summed E-state index contributed by atoms with van der Waals surface area (Å²) in [5.41, 5.74) is 0. The summed E-state index contributed by atoms with van der Waals surface area (Å²) < 4.78 is 4.65. The molecule has 0 aromatic heterocycles. The van der Waals surface area contributed by atoms with Gasteiger partial charge in [-0.2, -0.15) is 0 Å². The normalized spacial score (nSPS) is 13.5. The quantitative estimate of drug-likeness (QED) is 0.611. The summed E-state index contributed by atoms with van der Waals surface area (Å²) in [4.78, 5) is 13.1. The van der Waals surface area contributed by atoms with Gasteiger partial charge < -0.3 is 9.64 Å². The first kappa shape index (κ1) is 12.4. The zero-order valence-corrected chi connectivity index (χ0v) is 9.33. The number of carbonyl (C=O) groups excluding carboxylic acids is 1. The lowest BCUT2D eigenvalue weighted by Crippen LogP contribution is -2.32. The monoisotopic (exact) mass is 187 g/mol. The number of hydrogen-bond acceptors (Lipinski definition) is 3. The average Bonchev–Trinajstić information content (AvgIpc) is 2.02. The van der Waals surface area contributed by atoms with Crippen LogP contribution in [0.2, 0.25) is 0 Å². The van der Waals surface area contributed by atoms with Crippen LogP contribution in [0.3, 0.4) is 0 Å². The lowest BCUT2D eigenvalue weighted by molar-refractivity contribution is -0.142. The number of nitrogens with zero attached hydrogens (tertiary/aromatic N) is 1. The molecule has 13 heavy (non-hydrogen) atoms. The van der Waals surface area contributed by atoms with Crippen LogP contribution in [0.5, 0.6) is 0 Å². The van der Waals surface area contributed by atoms with E-state index in [9.17, 15) is 4.79 Å². The Labute approximate surface area is 81.1 Å². The van der Waals surface area contributed by atoms with Gasteiger partial charge in [0.25, 0.3) is 0 Å². The summed E-state index contributed by atoms with van der Waals surface area (Å²) in [6.07, 6.45) is 1.52. The molecule has 0 aliphatic carbocycles. The maximum atomic E-state index is 11.1. The highest BCUT2D eigenvalue weighted by Gasteiger charge is 2.17. The summed E-state index contributed by atoms with van der Waals surface area (Å²) in [6.45, 7) is 4.32. The second-order valence-corrected chi connectivity index (χ2v) is 4.03. The van der Waals surface area contributed by atoms with Crippen LogP contribution in [-0.2, 0) is 9.53 Å². The Morgan fingerprint density at radius 2 is 1.92 bits per heavy atom. The van der Waals surface area contributed by atoms with Gasteiger partial charge in [0.15, 0.2) is 0 Å². The van der Waals surface area contributed by atoms with Crippen molar-refractivity contribution in [3.63, 3.8) is 0 Å². The highest BCUT2D eigenvalue weighted by Crippen LogP contribution is 2.12. The summed E-state index contributed by atoms with van der Waals surface area (Å²) in [6, 6.07) is 0.299. The summed E-state index contributed by atoms with van der Waals surface area (Å²) in [5.74, 6) is 0.483. The molecule has 3 nitrogen and oxygen atoms in total. The highest BCUT2D eigenvalue weighted by molar-refractivity contribution is 5.69. The van der Waals surface area contributed by atoms with Crippen LogP contribution < -0.4 is 0 Å². The Bertz CT molecular complexity index is 155. The van der Waals surface area contributed by atoms with E-state index in [-0.39, 0.29) is 5.97 Å². The molecule has 0 spiro atoms. The molecule has 1 atom stereocenters. The molecule has 0 aromatic carbocycles. The predicted octanol–water partition coefficient (Wildman–Crippen LogP) is 1.53. The number of hydrogen-bond donors (Lipinski definition) is 0. The van der Waals surface area contributed by atoms with Gasteiger partial charge in [0, 0.05) is 6.04 Å². The minimum atomic E-state index is -0.126. The molecule has 0 aromatic rings. The lowest BCUT2D eigenvalue weighted by atomic mass is 10.0. The third kappa shape index (κ3) is 5.64. The average molecular weight is 187 g/mol. The highest BCUT2D eigenvalue weighted by atomic mass is 16.5. The first-order valence-electron chi connectivity index (χ1n) is 4.70. The number of ether oxygens (including phenoxy) is 1. The van der Waals surface area contributed by atoms with E-state index in [1.807, 2.05) is 14.1 Å². The molecule has 0 radical (unpaired) electrons. The minimum absolute atomic E-state index is 0.126. The van der Waals surface area contributed by atoms with Crippen molar-refractivity contribution in [2.24, 2.45) is 5.92 Å². The second kappa shape index (κ2) is 5.97. The Morgan fingerprint density at radius 1 is 1.38 bits per heavy atom. The molecule has 0 aliphatic heterocycles. The molecule has 1 unspecified atom stereocenters. The minimum Gasteiger partial charge on any atom is -0.469 e. The van der Waals surface area contributed by atoms with Crippen LogP contribution in [0.15, 0.2) is 0 Å². The molecule has 0 bridgehead atoms. The van der Waals surface area contributed by atoms with Gasteiger partial charge >= 0.3 is 5.97 Å². The van der Waals surface area contributed by atoms with Gasteiger partial charge in [-0.25, -0.2) is 0 Å². The second-order valence-electron chi connectivity index (χ2n) is 4.03. The van der Waals surface area contributed by atoms with E-state index in [1.54, 1.807) is 0 Å². The summed E-state index contributed by atoms with van der Waals surface area (Å²) in [5, 5.41) is 0. The van der Waals surface area contributed by atoms with Crippen molar-refractivity contribution in [2.45, 2.75) is 32.7 Å². The van der Waals surface area contributed by atoms with Gasteiger partial charge in [-0.3, -0.25) is 4.79 Å². The van der Waals surface area contributed by atoms with E-state index in [0.29, 0.717) is 18.4 Å². The molecule has 0 saturated carbocycles. The van der Waals surface area contributed by atoms with Gasteiger partial charge in [0.05, 0.1) is 13.5 Å². The fraction of sp³-hybridized carbons (Fsp3) is 0.900. The number of methoxy groups -OCH3 is 1. The van der Waals surface area contributed by atoms with E-state index < -0.39 is 0 Å². The van der Waals surface area contributed by atoms with Gasteiger partial charge in [-0.1, -0.05) is 13.8 Å². The van der Waals surface area contributed by atoms with E-state index >= 15 is 0 Å². The van der Waals surface area contributed by atoms with Crippen LogP contribution in [0.1, 0.15) is 26.7 Å². The first-order chi connectivity index (χ1) is 5.97. The van der Waals surface area contributed by atoms with Gasteiger partial charge in [-0.05, 0) is 26.4 Å². The molecule has 0 heterocycles. The number of carbonyl (C=O) groups is 1. The van der Waals surface area contributed by atoms with Crippen molar-refractivity contribution in [2.75, 3.05) is 21.2 Å². The zero-order chi connectivity index (χ0) is 10.4. The van der Waals surface area contributed by atoms with Crippen molar-refractivity contribution in [1.29, 1.82) is 0 Å². The molecule has 3 heteroatoms. The summed E-state index contributed by atoms with van der Waals surface area (Å²) in [7, 11) is 5.43. The van der Waals surface area contributed by atoms with Gasteiger partial charge in [0.1, 0.15) is 0 Å². The Hall–Kier alpha value is -0.570. The van der Waals surface area contributed by atoms with Crippen molar-refractivity contribution in [1.82, 2.24) is 4.90 Å². The lowest BCUT2D eigenvalue weighted by Gasteiger charge is -2.24. The molecule has 0 aliphatic rings. The van der Waals surface area contributed by atoms with E-state index in [0.717, 1.165) is 6.42 Å². The van der Waals surface area contributed by atoms with Gasteiger partial charge in [0.2, 0.25) is 0 Å². The predicted molar refractivity (Wildman–Crippen MR) is 53.6 cm³/mol. The van der Waals surface area contributed by atoms with Crippen LogP contribution in [0.4, 0.5) is 0 Å². The smallest absolute Gasteiger partial charge is 0.307 e. The van der Waals surface area contributed by atoms with Crippen molar-refractivity contribution >= 4 is 5.97 Å². The Balaban J connectivity index is 4.02. The fourth-order valence-electron chi connectivity index (χ4n) is 1.30. The Morgan fingerprint density at radius 3 is 2.23 bits per heavy atom. The molecular weight excluding hydrogens is 166 g/mol. The molecular formula is C10H21NO2. The molecule has 0 amide bonds. The third-order valence-electron chi connectivity index (χ3n) is 2.10. The molecule has 78 valence electrons. The fourth-order valence-corrected chi connectivity index (χ4v) is 1.30. The maximum absolute atomic E-state index is 11.1. The number of esters is 1. The molecule has 0 fully saturated rings. The topological polar surface area (TPSA) is 29.5 Å². The van der Waals surface area contributed by atoms with Gasteiger partial charge in [-0.15, -0.1) is 0 Å². The standard InChI is InChI=1S/C10H21NO2/c1-8(2)6-9(11(3)4)7-10(12)13-5/h8-9H,6-7H2,1-5H3. The third-order valence-corrected chi connectivity index (χ3v) is 2.10. The number of rotatable bonds is 5. The zero-order valence-electron chi connectivity index (χ0n) is 9.33. The van der Waals surface area contributed by atoms with Crippen LogP contribution >= 0.6 is 0 Å². The largest absolute Gasteiger partial charge is 0.469 e. The molecule has 0 rings (SSSR count). The van der Waals surface area contributed by atoms with Crippen LogP contribution in [0, 0.1) is 5.92 Å². The molecule has 0 saturated heterocycles. The molecule has 0 N–H and O–H groups in total. The SMILES string of the molecule is COC(=O)CC(CC(C)C)N(C)C. The Kier molecular flexibility index (Phi) is 5.71. The first-order valence-corrected chi connectivity index (χ1v) is 4.70. The van der Waals surface area contributed by atoms with Crippen molar-refractivity contribution in [3.8, 4) is 0 Å². The van der Waals surface area contributed by atoms with Crippen LogP contribution in [0.25, 0.3) is 0 Å². The van der Waals surface area contributed by atoms with Crippen molar-refractivity contribution < 1.29 is 9.53 Å². The maximum Gasteiger partial charge on any atom is 0.307 e. The van der Waals surface area contributed by atoms with E-state index in [4.69, 9.17) is 0 Å². The van der Waals surface area contributed by atoms with Crippen LogP contribution in [-0.4, -0.2) is 38.1 Å². The van der Waals surface area contributed by atoms with E-state index in [1.165, 1.54) is 7.11 Å². The van der Waals surface area contributed by atoms with Crippen molar-refractivity contribution in [3.05, 3.63) is 0 Å². The van der Waals surface area contributed by atoms with E-state index in [2.05, 4.69) is 23.5 Å².